The summed E-state index contributed by atoms with van der Waals surface area (Å²) in [5.41, 5.74) is 0.727. The maximum atomic E-state index is 5.73. The van der Waals surface area contributed by atoms with E-state index in [-0.39, 0.29) is 27.0 Å². The number of hydrogen-bond donors (Lipinski definition) is 0. The summed E-state index contributed by atoms with van der Waals surface area (Å²) in [6, 6.07) is 9.22. The molecular formula is C10H9Cl4NOW. The Morgan fingerprint density at radius 2 is 1.76 bits per heavy atom. The van der Waals surface area contributed by atoms with Gasteiger partial charge in [0.15, 0.2) is 10.7 Å². The smallest absolute Gasteiger partial charge is 0.289 e. The Balaban J connectivity index is 0.00000256. The predicted molar refractivity (Wildman–Crippen MR) is 70.2 cm³/mol. The minimum absolute atomic E-state index is 0. The molecule has 17 heavy (non-hydrogen) atoms. The molecule has 1 aromatic carbocycles. The Kier molecular flexibility index (Phi) is 8.11. The zero-order valence-corrected chi connectivity index (χ0v) is 14.7. The molecule has 0 heterocycles. The molecule has 2 nitrogen and oxygen atoms in total. The van der Waals surface area contributed by atoms with Crippen molar-refractivity contribution in [1.29, 1.82) is 0 Å². The van der Waals surface area contributed by atoms with Crippen molar-refractivity contribution in [3.63, 3.8) is 0 Å². The van der Waals surface area contributed by atoms with Crippen LogP contribution in [0.3, 0.4) is 0 Å². The van der Waals surface area contributed by atoms with Crippen LogP contribution in [0, 0.1) is 0 Å². The molecule has 0 atom stereocenters. The molecule has 7 heteroatoms. The average molecular weight is 485 g/mol. The number of aliphatic imine (C=N–C) groups is 1. The van der Waals surface area contributed by atoms with Crippen LogP contribution in [0.4, 0.5) is 5.69 Å². The summed E-state index contributed by atoms with van der Waals surface area (Å²) in [5, 5.41) is 0. The minimum atomic E-state index is -1.70. The second-order valence-electron chi connectivity index (χ2n) is 2.93. The molecule has 0 saturated carbocycles. The van der Waals surface area contributed by atoms with Crippen LogP contribution in [-0.2, 0) is 25.8 Å². The summed E-state index contributed by atoms with van der Waals surface area (Å²) in [6.07, 6.45) is 0. The van der Waals surface area contributed by atoms with E-state index < -0.39 is 9.36 Å². The minimum Gasteiger partial charge on any atom is -0.442 e. The van der Waals surface area contributed by atoms with Gasteiger partial charge in [0.1, 0.15) is 0 Å². The molecule has 0 spiro atoms. The van der Waals surface area contributed by atoms with Crippen LogP contribution in [0.5, 0.6) is 0 Å². The maximum absolute atomic E-state index is 5.73. The van der Waals surface area contributed by atoms with Crippen LogP contribution in [0.2, 0.25) is 0 Å². The molecule has 1 aromatic rings. The zero-order valence-electron chi connectivity index (χ0n) is 8.74. The van der Waals surface area contributed by atoms with Crippen molar-refractivity contribution < 1.29 is 25.8 Å². The van der Waals surface area contributed by atoms with E-state index in [1.807, 2.05) is 30.3 Å². The van der Waals surface area contributed by atoms with Gasteiger partial charge in [-0.1, -0.05) is 64.6 Å². The van der Waals surface area contributed by atoms with Crippen LogP contribution >= 0.6 is 46.4 Å². The standard InChI is InChI=1S/C10H9Cl4NO.W/c1-7(16-10(13,14)9(11)12)15-8-5-3-2-4-6-8;/h2-6,9H,1H3;. The van der Waals surface area contributed by atoms with Gasteiger partial charge < -0.3 is 4.74 Å². The molecule has 0 saturated heterocycles. The Hall–Kier alpha value is 0.538. The van der Waals surface area contributed by atoms with Gasteiger partial charge in [0, 0.05) is 28.0 Å². The first-order chi connectivity index (χ1) is 7.42. The second-order valence-corrected chi connectivity index (χ2v) is 5.34. The summed E-state index contributed by atoms with van der Waals surface area (Å²) in [7, 11) is 0. The number of alkyl halides is 4. The van der Waals surface area contributed by atoms with E-state index in [4.69, 9.17) is 51.1 Å². The van der Waals surface area contributed by atoms with Gasteiger partial charge in [-0.3, -0.25) is 0 Å². The number of ether oxygens (including phenoxy) is 1. The first-order valence-corrected chi connectivity index (χ1v) is 6.00. The van der Waals surface area contributed by atoms with Crippen molar-refractivity contribution in [1.82, 2.24) is 0 Å². The van der Waals surface area contributed by atoms with Crippen LogP contribution in [-0.4, -0.2) is 15.3 Å². The number of para-hydroxylation sites is 1. The van der Waals surface area contributed by atoms with Crippen molar-refractivity contribution in [2.75, 3.05) is 0 Å². The fourth-order valence-electron chi connectivity index (χ4n) is 0.949. The fourth-order valence-corrected chi connectivity index (χ4v) is 1.26. The van der Waals surface area contributed by atoms with Crippen LogP contribution in [0.1, 0.15) is 6.92 Å². The predicted octanol–water partition coefficient (Wildman–Crippen LogP) is 4.69. The van der Waals surface area contributed by atoms with Crippen molar-refractivity contribution in [2.24, 2.45) is 4.99 Å². The SMILES string of the molecule is CC(=Nc1ccccc1)OC(Cl)(Cl)C(Cl)Cl.[W]. The van der Waals surface area contributed by atoms with Crippen molar-refractivity contribution >= 4 is 58.0 Å². The molecule has 0 aromatic heterocycles. The third-order valence-electron chi connectivity index (χ3n) is 1.58. The monoisotopic (exact) mass is 483 g/mol. The van der Waals surface area contributed by atoms with Gasteiger partial charge in [-0.05, 0) is 12.1 Å². The summed E-state index contributed by atoms with van der Waals surface area (Å²) in [5.74, 6) is 0.280. The first-order valence-electron chi connectivity index (χ1n) is 4.37. The molecule has 0 fully saturated rings. The van der Waals surface area contributed by atoms with Gasteiger partial charge in [-0.15, -0.1) is 0 Å². The Labute approximate surface area is 135 Å². The van der Waals surface area contributed by atoms with Gasteiger partial charge in [0.05, 0.1) is 5.69 Å². The summed E-state index contributed by atoms with van der Waals surface area (Å²) >= 11 is 22.5. The molecule has 0 amide bonds. The Morgan fingerprint density at radius 1 is 1.24 bits per heavy atom. The van der Waals surface area contributed by atoms with E-state index >= 15 is 0 Å². The Bertz CT molecular complexity index is 370. The largest absolute Gasteiger partial charge is 0.442 e. The van der Waals surface area contributed by atoms with Gasteiger partial charge in [-0.2, -0.15) is 0 Å². The fraction of sp³-hybridized carbons (Fsp3) is 0.300. The molecule has 0 aliphatic rings. The van der Waals surface area contributed by atoms with Gasteiger partial charge in [0.25, 0.3) is 4.52 Å². The van der Waals surface area contributed by atoms with Crippen molar-refractivity contribution in [3.05, 3.63) is 30.3 Å². The van der Waals surface area contributed by atoms with Gasteiger partial charge >= 0.3 is 0 Å². The normalized spacial score (nSPS) is 12.2. The van der Waals surface area contributed by atoms with E-state index in [1.165, 1.54) is 0 Å². The molecule has 0 unspecified atom stereocenters. The first kappa shape index (κ1) is 17.5. The topological polar surface area (TPSA) is 21.6 Å². The van der Waals surface area contributed by atoms with E-state index in [9.17, 15) is 0 Å². The Morgan fingerprint density at radius 3 is 2.24 bits per heavy atom. The molecule has 1 rings (SSSR count). The van der Waals surface area contributed by atoms with Crippen LogP contribution in [0.15, 0.2) is 35.3 Å². The van der Waals surface area contributed by atoms with Crippen LogP contribution < -0.4 is 0 Å². The third kappa shape index (κ3) is 6.31. The number of benzene rings is 1. The molecule has 0 aliphatic heterocycles. The zero-order chi connectivity index (χ0) is 12.2. The maximum Gasteiger partial charge on any atom is 0.289 e. The molecule has 0 N–H and O–H groups in total. The van der Waals surface area contributed by atoms with E-state index in [0.717, 1.165) is 5.69 Å². The van der Waals surface area contributed by atoms with E-state index in [2.05, 4.69) is 4.99 Å². The number of halogens is 4. The average Bonchev–Trinajstić information content (AvgIpc) is 2.17. The van der Waals surface area contributed by atoms with E-state index in [1.54, 1.807) is 6.92 Å². The molecule has 0 aliphatic carbocycles. The third-order valence-corrected chi connectivity index (χ3v) is 3.23. The summed E-state index contributed by atoms with van der Waals surface area (Å²) in [6.45, 7) is 1.61. The molecular weight excluding hydrogens is 476 g/mol. The number of nitrogens with zero attached hydrogens (tertiary/aromatic N) is 1. The number of hydrogen-bond acceptors (Lipinski definition) is 2. The molecule has 94 valence electrons. The van der Waals surface area contributed by atoms with Gasteiger partial charge in [-0.25, -0.2) is 4.99 Å². The van der Waals surface area contributed by atoms with Gasteiger partial charge in [0.2, 0.25) is 0 Å². The molecule has 0 radical (unpaired) electrons. The van der Waals surface area contributed by atoms with Crippen LogP contribution in [0.25, 0.3) is 0 Å². The second kappa shape index (κ2) is 7.86. The molecule has 0 bridgehead atoms. The van der Waals surface area contributed by atoms with Crippen molar-refractivity contribution in [2.45, 2.75) is 16.3 Å². The summed E-state index contributed by atoms with van der Waals surface area (Å²) in [4.78, 5) is 3.06. The number of rotatable bonds is 3. The van der Waals surface area contributed by atoms with E-state index in [0.29, 0.717) is 0 Å². The van der Waals surface area contributed by atoms with Crippen molar-refractivity contribution in [3.8, 4) is 0 Å². The summed E-state index contributed by atoms with van der Waals surface area (Å²) < 4.78 is 3.42. The quantitative estimate of drug-likeness (QED) is 0.347.